The molecule has 0 aliphatic heterocycles. The fourth-order valence-electron chi connectivity index (χ4n) is 2.96. The number of carbonyl (C=O) groups excluding carboxylic acids is 1. The number of nitrogens with one attached hydrogen (secondary N) is 3. The Labute approximate surface area is 199 Å². The molecule has 178 valence electrons. The molecule has 0 atom stereocenters. The SMILES string of the molecule is CNc1ccc(OC)cc1.COc1ccc(C)nc1Nc1n[nH]c2ccccc12.O=CC1CC1. The molecule has 0 spiro atoms. The van der Waals surface area contributed by atoms with E-state index in [1.54, 1.807) is 14.2 Å². The third-order valence-corrected chi connectivity index (χ3v) is 5.12. The average molecular weight is 462 g/mol. The molecule has 1 saturated carbocycles. The average Bonchev–Trinajstić information content (AvgIpc) is 3.65. The van der Waals surface area contributed by atoms with Crippen LogP contribution >= 0.6 is 0 Å². The second-order valence-electron chi connectivity index (χ2n) is 7.70. The number of hydrogen-bond acceptors (Lipinski definition) is 7. The smallest absolute Gasteiger partial charge is 0.174 e. The first-order chi connectivity index (χ1) is 16.6. The highest BCUT2D eigenvalue weighted by molar-refractivity contribution is 5.91. The molecule has 8 heteroatoms. The van der Waals surface area contributed by atoms with Crippen LogP contribution in [-0.4, -0.2) is 42.7 Å². The van der Waals surface area contributed by atoms with Crippen LogP contribution in [0.2, 0.25) is 0 Å². The molecule has 2 aromatic carbocycles. The fraction of sp³-hybridized carbons (Fsp3) is 0.269. The molecule has 4 aromatic rings. The van der Waals surface area contributed by atoms with Crippen molar-refractivity contribution in [2.75, 3.05) is 31.9 Å². The lowest BCUT2D eigenvalue weighted by molar-refractivity contribution is -0.108. The van der Waals surface area contributed by atoms with Crippen molar-refractivity contribution in [3.63, 3.8) is 0 Å². The number of rotatable bonds is 6. The first kappa shape index (κ1) is 24.6. The second-order valence-corrected chi connectivity index (χ2v) is 7.70. The monoisotopic (exact) mass is 461 g/mol. The summed E-state index contributed by atoms with van der Waals surface area (Å²) < 4.78 is 10.3. The minimum atomic E-state index is 0.454. The Balaban J connectivity index is 0.000000179. The van der Waals surface area contributed by atoms with Crippen molar-refractivity contribution in [1.82, 2.24) is 15.2 Å². The number of aromatic amines is 1. The van der Waals surface area contributed by atoms with Crippen LogP contribution in [0.1, 0.15) is 18.5 Å². The minimum absolute atomic E-state index is 0.454. The van der Waals surface area contributed by atoms with Crippen molar-refractivity contribution in [2.24, 2.45) is 5.92 Å². The number of aromatic nitrogens is 3. The Morgan fingerprint density at radius 2 is 1.71 bits per heavy atom. The lowest BCUT2D eigenvalue weighted by Gasteiger charge is -2.09. The largest absolute Gasteiger partial charge is 0.497 e. The zero-order chi connectivity index (χ0) is 24.3. The number of para-hydroxylation sites is 1. The van der Waals surface area contributed by atoms with Gasteiger partial charge in [-0.25, -0.2) is 4.98 Å². The summed E-state index contributed by atoms with van der Waals surface area (Å²) in [5.41, 5.74) is 3.00. The highest BCUT2D eigenvalue weighted by Crippen LogP contribution is 2.28. The number of nitrogens with zero attached hydrogens (tertiary/aromatic N) is 2. The summed E-state index contributed by atoms with van der Waals surface area (Å²) in [6.07, 6.45) is 3.31. The third-order valence-electron chi connectivity index (χ3n) is 5.12. The number of fused-ring (bicyclic) bond motifs is 1. The van der Waals surface area contributed by atoms with Crippen LogP contribution in [0.15, 0.2) is 60.7 Å². The number of hydrogen-bond donors (Lipinski definition) is 3. The topological polar surface area (TPSA) is 101 Å². The van der Waals surface area contributed by atoms with Gasteiger partial charge in [-0.1, -0.05) is 12.1 Å². The number of H-pyrrole nitrogens is 1. The summed E-state index contributed by atoms with van der Waals surface area (Å²) in [6.45, 7) is 1.94. The molecule has 8 nitrogen and oxygen atoms in total. The molecule has 34 heavy (non-hydrogen) atoms. The molecule has 1 aliphatic rings. The van der Waals surface area contributed by atoms with Crippen LogP contribution in [-0.2, 0) is 4.79 Å². The van der Waals surface area contributed by atoms with E-state index in [4.69, 9.17) is 9.47 Å². The van der Waals surface area contributed by atoms with Gasteiger partial charge in [-0.15, -0.1) is 0 Å². The molecule has 0 saturated heterocycles. The number of anilines is 3. The Morgan fingerprint density at radius 3 is 2.29 bits per heavy atom. The zero-order valence-electron chi connectivity index (χ0n) is 20.0. The van der Waals surface area contributed by atoms with E-state index in [2.05, 4.69) is 25.8 Å². The van der Waals surface area contributed by atoms with Crippen molar-refractivity contribution in [2.45, 2.75) is 19.8 Å². The predicted octanol–water partition coefficient (Wildman–Crippen LogP) is 5.35. The van der Waals surface area contributed by atoms with Crippen LogP contribution in [0, 0.1) is 12.8 Å². The quantitative estimate of drug-likeness (QED) is 0.333. The van der Waals surface area contributed by atoms with Crippen LogP contribution < -0.4 is 20.1 Å². The molecule has 0 amide bonds. The van der Waals surface area contributed by atoms with Crippen molar-refractivity contribution in [3.05, 3.63) is 66.4 Å². The molecule has 5 rings (SSSR count). The van der Waals surface area contributed by atoms with E-state index < -0.39 is 0 Å². The van der Waals surface area contributed by atoms with Gasteiger partial charge < -0.3 is 24.9 Å². The number of carbonyl (C=O) groups is 1. The molecule has 0 radical (unpaired) electrons. The predicted molar refractivity (Wildman–Crippen MR) is 136 cm³/mol. The summed E-state index contributed by atoms with van der Waals surface area (Å²) in [5, 5.41) is 14.5. The summed E-state index contributed by atoms with van der Waals surface area (Å²) in [4.78, 5) is 14.0. The van der Waals surface area contributed by atoms with Crippen LogP contribution in [0.3, 0.4) is 0 Å². The highest BCUT2D eigenvalue weighted by Gasteiger charge is 2.19. The number of ether oxygens (including phenoxy) is 2. The van der Waals surface area contributed by atoms with Crippen molar-refractivity contribution in [1.29, 1.82) is 0 Å². The van der Waals surface area contributed by atoms with Crippen molar-refractivity contribution >= 4 is 34.5 Å². The van der Waals surface area contributed by atoms with Gasteiger partial charge in [0, 0.05) is 29.7 Å². The summed E-state index contributed by atoms with van der Waals surface area (Å²) in [7, 11) is 5.18. The van der Waals surface area contributed by atoms with Gasteiger partial charge in [0.1, 0.15) is 12.0 Å². The molecular formula is C26H31N5O3. The number of pyridine rings is 1. The summed E-state index contributed by atoms with van der Waals surface area (Å²) in [5.74, 6) is 3.44. The van der Waals surface area contributed by atoms with Crippen molar-refractivity contribution < 1.29 is 14.3 Å². The van der Waals surface area contributed by atoms with E-state index in [-0.39, 0.29) is 0 Å². The zero-order valence-corrected chi connectivity index (χ0v) is 20.0. The van der Waals surface area contributed by atoms with Gasteiger partial charge in [-0.2, -0.15) is 5.10 Å². The molecule has 1 fully saturated rings. The first-order valence-electron chi connectivity index (χ1n) is 11.1. The lowest BCUT2D eigenvalue weighted by atomic mass is 10.2. The molecular weight excluding hydrogens is 430 g/mol. The third kappa shape index (κ3) is 6.96. The second kappa shape index (κ2) is 12.2. The Kier molecular flexibility index (Phi) is 8.85. The van der Waals surface area contributed by atoms with Gasteiger partial charge in [0.05, 0.1) is 19.7 Å². The van der Waals surface area contributed by atoms with Gasteiger partial charge in [-0.3, -0.25) is 5.10 Å². The van der Waals surface area contributed by atoms with Gasteiger partial charge in [-0.05, 0) is 68.3 Å². The van der Waals surface area contributed by atoms with E-state index in [1.807, 2.05) is 74.6 Å². The van der Waals surface area contributed by atoms with E-state index >= 15 is 0 Å². The lowest BCUT2D eigenvalue weighted by Crippen LogP contribution is -1.99. The number of aryl methyl sites for hydroxylation is 1. The number of benzene rings is 2. The molecule has 0 bridgehead atoms. The van der Waals surface area contributed by atoms with Gasteiger partial charge >= 0.3 is 0 Å². The van der Waals surface area contributed by atoms with Crippen molar-refractivity contribution in [3.8, 4) is 11.5 Å². The Morgan fingerprint density at radius 1 is 0.971 bits per heavy atom. The minimum Gasteiger partial charge on any atom is -0.497 e. The molecule has 2 aromatic heterocycles. The van der Waals surface area contributed by atoms with E-state index in [1.165, 1.54) is 0 Å². The van der Waals surface area contributed by atoms with Gasteiger partial charge in [0.15, 0.2) is 17.4 Å². The van der Waals surface area contributed by atoms with E-state index in [0.29, 0.717) is 17.5 Å². The molecule has 2 heterocycles. The highest BCUT2D eigenvalue weighted by atomic mass is 16.5. The molecule has 3 N–H and O–H groups in total. The van der Waals surface area contributed by atoms with Gasteiger partial charge in [0.25, 0.3) is 0 Å². The Bertz CT molecular complexity index is 1160. The van der Waals surface area contributed by atoms with Crippen LogP contribution in [0.25, 0.3) is 10.9 Å². The summed E-state index contributed by atoms with van der Waals surface area (Å²) >= 11 is 0. The van der Waals surface area contributed by atoms with E-state index in [0.717, 1.165) is 53.0 Å². The summed E-state index contributed by atoms with van der Waals surface area (Å²) in [6, 6.07) is 19.5. The maximum atomic E-state index is 9.57. The van der Waals surface area contributed by atoms with Crippen LogP contribution in [0.4, 0.5) is 17.3 Å². The number of methoxy groups -OCH3 is 2. The number of aldehydes is 1. The fourth-order valence-corrected chi connectivity index (χ4v) is 2.96. The normalized spacial score (nSPS) is 11.9. The van der Waals surface area contributed by atoms with Crippen LogP contribution in [0.5, 0.6) is 11.5 Å². The standard InChI is InChI=1S/C14H14N4O.C8H11NO.C4H6O/c1-9-7-8-12(19-2)14(15-9)16-13-10-5-3-4-6-11(10)17-18-13;1-9-7-3-5-8(10-2)6-4-7;5-3-4-1-2-4/h3-8H,1-2H3,(H2,15,16,17,18);3-6,9H,1-2H3;3-4H,1-2H2. The molecule has 0 unspecified atom stereocenters. The maximum absolute atomic E-state index is 9.57. The van der Waals surface area contributed by atoms with Gasteiger partial charge in [0.2, 0.25) is 0 Å². The molecule has 1 aliphatic carbocycles. The Hall–Kier alpha value is -4.07. The van der Waals surface area contributed by atoms with E-state index in [9.17, 15) is 4.79 Å². The first-order valence-corrected chi connectivity index (χ1v) is 11.1. The maximum Gasteiger partial charge on any atom is 0.174 e.